The Labute approximate surface area is 284 Å². The maximum absolute atomic E-state index is 6.24. The van der Waals surface area contributed by atoms with Crippen molar-refractivity contribution < 1.29 is 24.5 Å². The van der Waals surface area contributed by atoms with Crippen molar-refractivity contribution in [3.05, 3.63) is 145 Å². The van der Waals surface area contributed by atoms with Crippen molar-refractivity contribution in [3.8, 4) is 28.3 Å². The zero-order chi connectivity index (χ0) is 31.0. The summed E-state index contributed by atoms with van der Waals surface area (Å²) in [6.45, 7) is 9.08. The zero-order valence-electron chi connectivity index (χ0n) is 26.2. The molecule has 5 aromatic carbocycles. The van der Waals surface area contributed by atoms with E-state index in [0.717, 1.165) is 61.3 Å². The molecule has 0 atom stereocenters. The third-order valence-corrected chi connectivity index (χ3v) is 10.0. The molecule has 8 rings (SSSR count). The van der Waals surface area contributed by atoms with Gasteiger partial charge in [0.05, 0.1) is 30.5 Å². The van der Waals surface area contributed by atoms with E-state index in [1.807, 2.05) is 72.9 Å². The molecule has 0 saturated heterocycles. The minimum Gasteiger partial charge on any atom is -0.501 e. The number of benzene rings is 5. The third-order valence-electron chi connectivity index (χ3n) is 8.01. The largest absolute Gasteiger partial charge is 0.501 e. The normalized spacial score (nSPS) is 11.3. The van der Waals surface area contributed by atoms with Gasteiger partial charge in [-0.3, -0.25) is 4.98 Å². The second kappa shape index (κ2) is 13.0. The minimum absolute atomic E-state index is 0. The average molecular weight is 792 g/mol. The van der Waals surface area contributed by atoms with Gasteiger partial charge in [0.25, 0.3) is 0 Å². The molecule has 0 spiro atoms. The number of nitrogens with zero attached hydrogens (tertiary/aromatic N) is 3. The van der Waals surface area contributed by atoms with E-state index in [9.17, 15) is 0 Å². The maximum atomic E-state index is 6.24. The SMILES string of the molecule is Cc1c[c-]c(-c2ccc([Si](C)(C)C)cn2)cc1.[Ir].[c-]1ccc2c(oc3ccccc32)c1-c1nc2ccccc2n1-c1ccccc1. The van der Waals surface area contributed by atoms with Crippen molar-refractivity contribution in [2.45, 2.75) is 26.6 Å². The molecule has 4 nitrogen and oxygen atoms in total. The molecule has 6 heteroatoms. The Morgan fingerprint density at radius 1 is 0.739 bits per heavy atom. The van der Waals surface area contributed by atoms with E-state index < -0.39 is 8.07 Å². The smallest absolute Gasteiger partial charge is 0.120 e. The van der Waals surface area contributed by atoms with Gasteiger partial charge < -0.3 is 14.0 Å². The second-order valence-corrected chi connectivity index (χ2v) is 17.3. The zero-order valence-corrected chi connectivity index (χ0v) is 29.6. The molecular weight excluding hydrogens is 759 g/mol. The van der Waals surface area contributed by atoms with Crippen molar-refractivity contribution in [2.24, 2.45) is 0 Å². The number of imidazole rings is 1. The number of para-hydroxylation sites is 4. The van der Waals surface area contributed by atoms with Crippen LogP contribution in [0.1, 0.15) is 5.56 Å². The Bertz CT molecular complexity index is 2250. The summed E-state index contributed by atoms with van der Waals surface area (Å²) >= 11 is 0. The van der Waals surface area contributed by atoms with Crippen molar-refractivity contribution >= 4 is 46.2 Å². The Morgan fingerprint density at radius 3 is 2.24 bits per heavy atom. The van der Waals surface area contributed by atoms with E-state index in [2.05, 4.69) is 103 Å². The third kappa shape index (κ3) is 6.12. The van der Waals surface area contributed by atoms with Crippen LogP contribution in [0.3, 0.4) is 0 Å². The number of fused-ring (bicyclic) bond motifs is 4. The van der Waals surface area contributed by atoms with Crippen molar-refractivity contribution in [1.29, 1.82) is 0 Å². The summed E-state index contributed by atoms with van der Waals surface area (Å²) in [5, 5.41) is 3.58. The van der Waals surface area contributed by atoms with E-state index in [1.54, 1.807) is 0 Å². The molecule has 0 N–H and O–H groups in total. The van der Waals surface area contributed by atoms with Crippen LogP contribution in [0.25, 0.3) is 61.3 Å². The summed E-state index contributed by atoms with van der Waals surface area (Å²) in [6, 6.07) is 47.7. The Balaban J connectivity index is 0.000000179. The first-order valence-electron chi connectivity index (χ1n) is 15.2. The van der Waals surface area contributed by atoms with Crippen LogP contribution in [-0.2, 0) is 20.1 Å². The Hall–Kier alpha value is -4.61. The Morgan fingerprint density at radius 2 is 1.50 bits per heavy atom. The molecule has 8 aromatic rings. The van der Waals surface area contributed by atoms with E-state index in [1.165, 1.54) is 10.8 Å². The molecular formula is C40H33IrN3OSi-2. The summed E-state index contributed by atoms with van der Waals surface area (Å²) in [6.07, 6.45) is 2.02. The topological polar surface area (TPSA) is 43.9 Å². The monoisotopic (exact) mass is 792 g/mol. The Kier molecular flexibility index (Phi) is 8.87. The fraction of sp³-hybridized carbons (Fsp3) is 0.100. The van der Waals surface area contributed by atoms with Gasteiger partial charge in [0.2, 0.25) is 0 Å². The van der Waals surface area contributed by atoms with Crippen molar-refractivity contribution in [3.63, 3.8) is 0 Å². The molecule has 0 bridgehead atoms. The second-order valence-electron chi connectivity index (χ2n) is 12.3. The van der Waals surface area contributed by atoms with E-state index in [-0.39, 0.29) is 20.1 Å². The van der Waals surface area contributed by atoms with Gasteiger partial charge in [-0.1, -0.05) is 98.2 Å². The van der Waals surface area contributed by atoms with Crippen LogP contribution in [-0.4, -0.2) is 22.6 Å². The number of pyridine rings is 1. The van der Waals surface area contributed by atoms with Crippen LogP contribution in [0.5, 0.6) is 0 Å². The van der Waals surface area contributed by atoms with Gasteiger partial charge >= 0.3 is 0 Å². The molecule has 3 heterocycles. The first-order chi connectivity index (χ1) is 21.9. The quantitative estimate of drug-likeness (QED) is 0.132. The standard InChI is InChI=1S/C25H15N2O.C15H18NSi.Ir/c1-2-9-17(10-3-1)27-22-15-6-5-14-21(22)26-25(27)20-13-8-12-19-18-11-4-7-16-23(18)28-24(19)20;1-12-5-7-13(8-6-12)15-10-9-14(11-16-15)17(2,3)4;/h1-12,14-16H;5-7,9-11H,1-4H3;/q2*-1;. The molecule has 0 aliphatic carbocycles. The minimum atomic E-state index is -1.24. The van der Waals surface area contributed by atoms with Crippen molar-refractivity contribution in [1.82, 2.24) is 14.5 Å². The first-order valence-corrected chi connectivity index (χ1v) is 18.7. The summed E-state index contributed by atoms with van der Waals surface area (Å²) < 4.78 is 8.41. The van der Waals surface area contributed by atoms with E-state index in [4.69, 9.17) is 9.40 Å². The molecule has 0 unspecified atom stereocenters. The number of aromatic nitrogens is 3. The average Bonchev–Trinajstić information content (AvgIpc) is 3.64. The molecule has 0 aliphatic heterocycles. The summed E-state index contributed by atoms with van der Waals surface area (Å²) in [7, 11) is -1.24. The summed E-state index contributed by atoms with van der Waals surface area (Å²) in [4.78, 5) is 9.50. The van der Waals surface area contributed by atoms with Crippen LogP contribution >= 0.6 is 0 Å². The van der Waals surface area contributed by atoms with E-state index >= 15 is 0 Å². The molecule has 1 radical (unpaired) electrons. The van der Waals surface area contributed by atoms with Gasteiger partial charge in [0.1, 0.15) is 5.58 Å². The molecule has 229 valence electrons. The van der Waals surface area contributed by atoms with Gasteiger partial charge in [-0.15, -0.1) is 53.6 Å². The number of hydrogen-bond donors (Lipinski definition) is 0. The predicted molar refractivity (Wildman–Crippen MR) is 189 cm³/mol. The first kappa shape index (κ1) is 31.4. The number of aryl methyl sites for hydroxylation is 1. The predicted octanol–water partition coefficient (Wildman–Crippen LogP) is 9.79. The number of furan rings is 1. The molecule has 0 aliphatic rings. The molecule has 0 saturated carbocycles. The van der Waals surface area contributed by atoms with Crippen molar-refractivity contribution in [2.75, 3.05) is 0 Å². The van der Waals surface area contributed by atoms with Crippen LogP contribution < -0.4 is 5.19 Å². The van der Waals surface area contributed by atoms with Gasteiger partial charge in [-0.05, 0) is 41.2 Å². The number of hydrogen-bond acceptors (Lipinski definition) is 3. The molecule has 0 fully saturated rings. The van der Waals surface area contributed by atoms with Gasteiger partial charge in [0, 0.05) is 37.4 Å². The number of rotatable bonds is 4. The van der Waals surface area contributed by atoms with Gasteiger partial charge in [0.15, 0.2) is 0 Å². The van der Waals surface area contributed by atoms with Crippen LogP contribution in [0.2, 0.25) is 19.6 Å². The molecule has 0 amide bonds. The van der Waals surface area contributed by atoms with E-state index in [0.29, 0.717) is 0 Å². The van der Waals surface area contributed by atoms with Crippen LogP contribution in [0.15, 0.2) is 132 Å². The fourth-order valence-electron chi connectivity index (χ4n) is 5.55. The fourth-order valence-corrected chi connectivity index (χ4v) is 6.58. The van der Waals surface area contributed by atoms with Gasteiger partial charge in [-0.25, -0.2) is 0 Å². The van der Waals surface area contributed by atoms with Crippen LogP contribution in [0.4, 0.5) is 0 Å². The molecule has 46 heavy (non-hydrogen) atoms. The summed E-state index contributed by atoms with van der Waals surface area (Å²) in [5.41, 5.74) is 8.93. The van der Waals surface area contributed by atoms with Gasteiger partial charge in [-0.2, -0.15) is 0 Å². The van der Waals surface area contributed by atoms with Crippen LogP contribution in [0, 0.1) is 19.1 Å². The molecule has 3 aromatic heterocycles. The maximum Gasteiger partial charge on any atom is 0.120 e. The summed E-state index contributed by atoms with van der Waals surface area (Å²) in [5.74, 6) is 0.831.